The summed E-state index contributed by atoms with van der Waals surface area (Å²) in [4.78, 5) is 15.1. The van der Waals surface area contributed by atoms with Crippen LogP contribution in [-0.2, 0) is 0 Å². The molecule has 0 aromatic heterocycles. The van der Waals surface area contributed by atoms with E-state index in [0.29, 0.717) is 16.5 Å². The van der Waals surface area contributed by atoms with Gasteiger partial charge in [-0.05, 0) is 37.3 Å². The Labute approximate surface area is 169 Å². The Morgan fingerprint density at radius 3 is 2.70 bits per heavy atom. The number of unbranched alkanes of at least 4 members (excludes halogenated alkanes) is 1. The first-order valence-corrected chi connectivity index (χ1v) is 10.4. The summed E-state index contributed by atoms with van der Waals surface area (Å²) in [6, 6.07) is 7.06. The first-order chi connectivity index (χ1) is 13.1. The number of hydrogen-bond donors (Lipinski definition) is 1. The van der Waals surface area contributed by atoms with Crippen LogP contribution in [0.2, 0.25) is 5.02 Å². The van der Waals surface area contributed by atoms with E-state index in [1.54, 1.807) is 17.0 Å². The fraction of sp³-hybridized carbons (Fsp3) is 0.522. The SMILES string of the molecule is C#CCN(C(=O)c1ccccc1Cl)C(C(=C)NCCCC)C1CCCCC1. The lowest BCUT2D eigenvalue weighted by atomic mass is 9.81. The van der Waals surface area contributed by atoms with E-state index < -0.39 is 0 Å². The fourth-order valence-electron chi connectivity index (χ4n) is 3.89. The Hall–Kier alpha value is -1.92. The van der Waals surface area contributed by atoms with E-state index in [1.165, 1.54) is 19.3 Å². The Kier molecular flexibility index (Phi) is 8.75. The van der Waals surface area contributed by atoms with Crippen molar-refractivity contribution in [2.75, 3.05) is 13.1 Å². The highest BCUT2D eigenvalue weighted by Gasteiger charge is 2.34. The van der Waals surface area contributed by atoms with Crippen LogP contribution in [0.3, 0.4) is 0 Å². The summed E-state index contributed by atoms with van der Waals surface area (Å²) in [5.74, 6) is 2.93. The van der Waals surface area contributed by atoms with E-state index >= 15 is 0 Å². The van der Waals surface area contributed by atoms with Crippen LogP contribution < -0.4 is 5.32 Å². The summed E-state index contributed by atoms with van der Waals surface area (Å²) in [7, 11) is 0. The average molecular weight is 387 g/mol. The van der Waals surface area contributed by atoms with Gasteiger partial charge in [-0.2, -0.15) is 0 Å². The molecule has 146 valence electrons. The molecule has 1 amide bonds. The van der Waals surface area contributed by atoms with Crippen molar-refractivity contribution in [3.05, 3.63) is 47.1 Å². The molecule has 3 nitrogen and oxygen atoms in total. The van der Waals surface area contributed by atoms with Crippen molar-refractivity contribution in [1.29, 1.82) is 0 Å². The number of carbonyl (C=O) groups is 1. The maximum atomic E-state index is 13.4. The van der Waals surface area contributed by atoms with E-state index in [4.69, 9.17) is 18.0 Å². The van der Waals surface area contributed by atoms with Gasteiger partial charge in [0.2, 0.25) is 0 Å². The second-order valence-electron chi connectivity index (χ2n) is 7.27. The van der Waals surface area contributed by atoms with Gasteiger partial charge in [0, 0.05) is 12.2 Å². The van der Waals surface area contributed by atoms with E-state index in [9.17, 15) is 4.79 Å². The summed E-state index contributed by atoms with van der Waals surface area (Å²) in [5.41, 5.74) is 1.39. The molecule has 27 heavy (non-hydrogen) atoms. The van der Waals surface area contributed by atoms with Crippen LogP contribution in [0, 0.1) is 18.3 Å². The maximum Gasteiger partial charge on any atom is 0.256 e. The number of rotatable bonds is 9. The van der Waals surface area contributed by atoms with Crippen molar-refractivity contribution in [3.8, 4) is 12.3 Å². The van der Waals surface area contributed by atoms with Gasteiger partial charge in [0.25, 0.3) is 5.91 Å². The molecule has 1 aliphatic rings. The highest BCUT2D eigenvalue weighted by Crippen LogP contribution is 2.33. The second kappa shape index (κ2) is 11.0. The van der Waals surface area contributed by atoms with Gasteiger partial charge in [0.1, 0.15) is 0 Å². The number of amides is 1. The molecule has 0 heterocycles. The Balaban J connectivity index is 2.32. The fourth-order valence-corrected chi connectivity index (χ4v) is 4.11. The lowest BCUT2D eigenvalue weighted by Crippen LogP contribution is -2.49. The monoisotopic (exact) mass is 386 g/mol. The highest BCUT2D eigenvalue weighted by atomic mass is 35.5. The Morgan fingerprint density at radius 1 is 1.37 bits per heavy atom. The molecule has 1 fully saturated rings. The predicted molar refractivity (Wildman–Crippen MR) is 114 cm³/mol. The minimum Gasteiger partial charge on any atom is -0.387 e. The normalized spacial score (nSPS) is 15.6. The molecule has 1 saturated carbocycles. The zero-order valence-electron chi connectivity index (χ0n) is 16.3. The molecular weight excluding hydrogens is 356 g/mol. The van der Waals surface area contributed by atoms with Gasteiger partial charge in [0.15, 0.2) is 0 Å². The van der Waals surface area contributed by atoms with Crippen molar-refractivity contribution in [2.45, 2.75) is 57.9 Å². The van der Waals surface area contributed by atoms with Crippen molar-refractivity contribution >= 4 is 17.5 Å². The molecule has 0 aliphatic heterocycles. The molecule has 0 radical (unpaired) electrons. The molecular formula is C23H31ClN2O. The van der Waals surface area contributed by atoms with Gasteiger partial charge in [-0.25, -0.2) is 0 Å². The number of benzene rings is 1. The quantitative estimate of drug-likeness (QED) is 0.463. The molecule has 0 saturated heterocycles. The van der Waals surface area contributed by atoms with Gasteiger partial charge in [-0.3, -0.25) is 4.79 Å². The summed E-state index contributed by atoms with van der Waals surface area (Å²) >= 11 is 6.30. The van der Waals surface area contributed by atoms with E-state index in [0.717, 1.165) is 37.9 Å². The van der Waals surface area contributed by atoms with Crippen LogP contribution in [-0.4, -0.2) is 29.9 Å². The van der Waals surface area contributed by atoms with Crippen LogP contribution in [0.1, 0.15) is 62.2 Å². The molecule has 4 heteroatoms. The first-order valence-electron chi connectivity index (χ1n) is 10.0. The number of nitrogens with one attached hydrogen (secondary N) is 1. The highest BCUT2D eigenvalue weighted by molar-refractivity contribution is 6.33. The topological polar surface area (TPSA) is 32.3 Å². The first kappa shape index (κ1) is 21.4. The van der Waals surface area contributed by atoms with Crippen molar-refractivity contribution in [2.24, 2.45) is 5.92 Å². The maximum absolute atomic E-state index is 13.4. The Morgan fingerprint density at radius 2 is 2.07 bits per heavy atom. The summed E-state index contributed by atoms with van der Waals surface area (Å²) in [5, 5.41) is 3.91. The van der Waals surface area contributed by atoms with E-state index in [1.807, 2.05) is 12.1 Å². The average Bonchev–Trinajstić information content (AvgIpc) is 2.68. The summed E-state index contributed by atoms with van der Waals surface area (Å²) in [6.45, 7) is 7.57. The third kappa shape index (κ3) is 5.78. The van der Waals surface area contributed by atoms with Crippen molar-refractivity contribution in [1.82, 2.24) is 10.2 Å². The van der Waals surface area contributed by atoms with Crippen molar-refractivity contribution < 1.29 is 4.79 Å². The Bertz CT molecular complexity index is 673. The molecule has 1 aromatic rings. The standard InChI is InChI=1S/C23H31ClN2O/c1-4-6-16-25-18(3)22(19-12-8-7-9-13-19)26(17-5-2)23(27)20-14-10-11-15-21(20)24/h2,10-11,14-15,19,22,25H,3-4,6-9,12-13,16-17H2,1H3. The third-order valence-corrected chi connectivity index (χ3v) is 5.63. The summed E-state index contributed by atoms with van der Waals surface area (Å²) in [6.07, 6.45) is 13.7. The molecule has 1 aliphatic carbocycles. The van der Waals surface area contributed by atoms with Crippen LogP contribution >= 0.6 is 11.6 Å². The smallest absolute Gasteiger partial charge is 0.256 e. The van der Waals surface area contributed by atoms with Gasteiger partial charge in [0.05, 0.1) is 23.2 Å². The van der Waals surface area contributed by atoms with Crippen LogP contribution in [0.5, 0.6) is 0 Å². The molecule has 1 aromatic carbocycles. The number of nitrogens with zero attached hydrogens (tertiary/aromatic N) is 1. The molecule has 1 unspecified atom stereocenters. The lowest BCUT2D eigenvalue weighted by Gasteiger charge is -2.39. The molecule has 0 spiro atoms. The molecule has 1 atom stereocenters. The molecule has 1 N–H and O–H groups in total. The van der Waals surface area contributed by atoms with Gasteiger partial charge < -0.3 is 10.2 Å². The van der Waals surface area contributed by atoms with Crippen LogP contribution in [0.25, 0.3) is 0 Å². The number of halogens is 1. The minimum atomic E-state index is -0.118. The zero-order valence-corrected chi connectivity index (χ0v) is 17.1. The molecule has 2 rings (SSSR count). The number of terminal acetylenes is 1. The van der Waals surface area contributed by atoms with Crippen LogP contribution in [0.4, 0.5) is 0 Å². The minimum absolute atomic E-state index is 0.109. The van der Waals surface area contributed by atoms with E-state index in [2.05, 4.69) is 24.7 Å². The van der Waals surface area contributed by atoms with Crippen LogP contribution in [0.15, 0.2) is 36.5 Å². The number of carbonyl (C=O) groups excluding carboxylic acids is 1. The third-order valence-electron chi connectivity index (χ3n) is 5.30. The zero-order chi connectivity index (χ0) is 19.6. The van der Waals surface area contributed by atoms with Gasteiger partial charge in [-0.1, -0.05) is 68.8 Å². The largest absolute Gasteiger partial charge is 0.387 e. The van der Waals surface area contributed by atoms with Gasteiger partial charge in [-0.15, -0.1) is 6.42 Å². The second-order valence-corrected chi connectivity index (χ2v) is 7.67. The lowest BCUT2D eigenvalue weighted by molar-refractivity contribution is 0.0647. The predicted octanol–water partition coefficient (Wildman–Crippen LogP) is 5.27. The van der Waals surface area contributed by atoms with Gasteiger partial charge >= 0.3 is 0 Å². The number of hydrogen-bond acceptors (Lipinski definition) is 2. The van der Waals surface area contributed by atoms with Crippen molar-refractivity contribution in [3.63, 3.8) is 0 Å². The summed E-state index contributed by atoms with van der Waals surface area (Å²) < 4.78 is 0. The molecule has 0 bridgehead atoms. The van der Waals surface area contributed by atoms with E-state index in [-0.39, 0.29) is 18.5 Å².